The first-order valence-corrected chi connectivity index (χ1v) is 5.00. The maximum Gasteiger partial charge on any atom is 0.372 e. The molecule has 18 heavy (non-hydrogen) atoms. The van der Waals surface area contributed by atoms with Gasteiger partial charge in [-0.1, -0.05) is 0 Å². The highest BCUT2D eigenvalue weighted by molar-refractivity contribution is 5.92. The Morgan fingerprint density at radius 3 is 2.78 bits per heavy atom. The highest BCUT2D eigenvalue weighted by Gasteiger charge is 2.59. The topological polar surface area (TPSA) is 123 Å². The number of aliphatic carboxylic acids is 1. The van der Waals surface area contributed by atoms with Gasteiger partial charge in [-0.25, -0.2) is 9.59 Å². The molecular weight excluding hydrogens is 248 g/mol. The van der Waals surface area contributed by atoms with Crippen molar-refractivity contribution in [2.24, 2.45) is 4.99 Å². The van der Waals surface area contributed by atoms with E-state index in [2.05, 4.69) is 4.99 Å². The Kier molecular flexibility index (Phi) is 2.85. The minimum Gasteiger partial charge on any atom is -0.477 e. The molecule has 0 radical (unpaired) electrons. The van der Waals surface area contributed by atoms with Crippen LogP contribution in [0.1, 0.15) is 12.8 Å². The number of cyclic esters (lactones) is 1. The third-order valence-electron chi connectivity index (χ3n) is 2.67. The summed E-state index contributed by atoms with van der Waals surface area (Å²) in [4.78, 5) is 52.2. The molecule has 2 heterocycles. The van der Waals surface area contributed by atoms with Gasteiger partial charge in [0.15, 0.2) is 6.04 Å². The number of carboxylic acid groups (broad SMARTS) is 1. The van der Waals surface area contributed by atoms with Crippen LogP contribution in [-0.4, -0.2) is 52.5 Å². The summed E-state index contributed by atoms with van der Waals surface area (Å²) in [7, 11) is 0. The van der Waals surface area contributed by atoms with Crippen LogP contribution in [-0.2, 0) is 28.8 Å². The van der Waals surface area contributed by atoms with Gasteiger partial charge in [-0.2, -0.15) is 10.1 Å². The molecule has 2 aliphatic heterocycles. The fraction of sp³-hybridized carbons (Fsp3) is 0.556. The molecule has 0 aromatic heterocycles. The van der Waals surface area contributed by atoms with Crippen molar-refractivity contribution in [1.82, 2.24) is 5.06 Å². The van der Waals surface area contributed by atoms with Gasteiger partial charge in [0, 0.05) is 6.42 Å². The fourth-order valence-corrected chi connectivity index (χ4v) is 1.80. The number of esters is 1. The molecule has 0 bridgehead atoms. The summed E-state index contributed by atoms with van der Waals surface area (Å²) >= 11 is 0. The number of carbonyl (C=O) groups excluding carboxylic acids is 3. The summed E-state index contributed by atoms with van der Waals surface area (Å²) in [5, 5.41) is 9.58. The summed E-state index contributed by atoms with van der Waals surface area (Å²) in [6.45, 7) is -0.291. The van der Waals surface area contributed by atoms with Gasteiger partial charge in [0.25, 0.3) is 5.91 Å². The average Bonchev–Trinajstić information content (AvgIpc) is 2.86. The SMILES string of the molecule is O=C=NC1CON(C2(C(=O)O)CCC(=O)O2)C1=O. The lowest BCUT2D eigenvalue weighted by Gasteiger charge is -2.30. The van der Waals surface area contributed by atoms with Crippen LogP contribution in [0.15, 0.2) is 4.99 Å². The minimum absolute atomic E-state index is 0.138. The van der Waals surface area contributed by atoms with Gasteiger partial charge in [0.1, 0.15) is 6.61 Å². The number of hydrogen-bond donors (Lipinski definition) is 1. The minimum atomic E-state index is -2.17. The zero-order chi connectivity index (χ0) is 13.3. The van der Waals surface area contributed by atoms with Crippen LogP contribution in [0, 0.1) is 0 Å². The van der Waals surface area contributed by atoms with Crippen LogP contribution in [0.2, 0.25) is 0 Å². The molecule has 1 N–H and O–H groups in total. The van der Waals surface area contributed by atoms with Crippen molar-refractivity contribution in [2.75, 3.05) is 6.61 Å². The lowest BCUT2D eigenvalue weighted by Crippen LogP contribution is -2.55. The lowest BCUT2D eigenvalue weighted by atomic mass is 10.1. The maximum atomic E-state index is 11.8. The summed E-state index contributed by atoms with van der Waals surface area (Å²) in [5.41, 5.74) is -2.17. The molecule has 0 aliphatic carbocycles. The van der Waals surface area contributed by atoms with Crippen LogP contribution in [0.25, 0.3) is 0 Å². The molecule has 9 heteroatoms. The molecule has 2 rings (SSSR count). The lowest BCUT2D eigenvalue weighted by molar-refractivity contribution is -0.256. The van der Waals surface area contributed by atoms with Crippen molar-refractivity contribution < 1.29 is 33.9 Å². The number of carboxylic acids is 1. The molecule has 96 valence electrons. The summed E-state index contributed by atoms with van der Waals surface area (Å²) in [6, 6.07) is -1.15. The first-order valence-electron chi connectivity index (χ1n) is 5.00. The molecule has 2 fully saturated rings. The largest absolute Gasteiger partial charge is 0.477 e. The Hall–Kier alpha value is -2.25. The third-order valence-corrected chi connectivity index (χ3v) is 2.67. The average molecular weight is 256 g/mol. The highest BCUT2D eigenvalue weighted by Crippen LogP contribution is 2.34. The Morgan fingerprint density at radius 2 is 2.28 bits per heavy atom. The fourth-order valence-electron chi connectivity index (χ4n) is 1.80. The highest BCUT2D eigenvalue weighted by atomic mass is 16.7. The zero-order valence-electron chi connectivity index (χ0n) is 8.99. The van der Waals surface area contributed by atoms with Gasteiger partial charge in [0.2, 0.25) is 6.08 Å². The van der Waals surface area contributed by atoms with Gasteiger partial charge >= 0.3 is 17.7 Å². The van der Waals surface area contributed by atoms with Crippen molar-refractivity contribution in [3.05, 3.63) is 0 Å². The molecule has 0 aromatic carbocycles. The summed E-state index contributed by atoms with van der Waals surface area (Å²) < 4.78 is 4.69. The first-order chi connectivity index (χ1) is 8.51. The number of nitrogens with zero attached hydrogens (tertiary/aromatic N) is 2. The van der Waals surface area contributed by atoms with E-state index in [4.69, 9.17) is 14.7 Å². The van der Waals surface area contributed by atoms with Gasteiger partial charge in [-0.3, -0.25) is 14.4 Å². The van der Waals surface area contributed by atoms with Crippen LogP contribution >= 0.6 is 0 Å². The quantitative estimate of drug-likeness (QED) is 0.373. The smallest absolute Gasteiger partial charge is 0.372 e. The van der Waals surface area contributed by atoms with Crippen LogP contribution in [0.4, 0.5) is 0 Å². The molecular formula is C9H8N2O7. The summed E-state index contributed by atoms with van der Waals surface area (Å²) in [5.74, 6) is -3.11. The van der Waals surface area contributed by atoms with E-state index in [0.29, 0.717) is 5.06 Å². The van der Waals surface area contributed by atoms with Crippen molar-refractivity contribution in [1.29, 1.82) is 0 Å². The maximum absolute atomic E-state index is 11.8. The van der Waals surface area contributed by atoms with Crippen LogP contribution in [0.5, 0.6) is 0 Å². The van der Waals surface area contributed by atoms with E-state index in [1.54, 1.807) is 0 Å². The molecule has 2 unspecified atom stereocenters. The molecule has 2 atom stereocenters. The van der Waals surface area contributed by atoms with Crippen LogP contribution in [0.3, 0.4) is 0 Å². The van der Waals surface area contributed by atoms with E-state index in [1.807, 2.05) is 0 Å². The van der Waals surface area contributed by atoms with E-state index < -0.39 is 29.6 Å². The van der Waals surface area contributed by atoms with Crippen molar-refractivity contribution in [3.63, 3.8) is 0 Å². The second-order valence-electron chi connectivity index (χ2n) is 3.73. The number of aliphatic imine (C=N–C) groups is 1. The van der Waals surface area contributed by atoms with Crippen molar-refractivity contribution in [2.45, 2.75) is 24.6 Å². The number of hydroxylamine groups is 2. The molecule has 9 nitrogen and oxygen atoms in total. The molecule has 0 saturated carbocycles. The number of rotatable bonds is 3. The van der Waals surface area contributed by atoms with Gasteiger partial charge < -0.3 is 9.84 Å². The molecule has 0 spiro atoms. The van der Waals surface area contributed by atoms with Crippen molar-refractivity contribution >= 4 is 23.9 Å². The van der Waals surface area contributed by atoms with E-state index in [0.717, 1.165) is 0 Å². The monoisotopic (exact) mass is 256 g/mol. The normalized spacial score (nSPS) is 31.1. The Balaban J connectivity index is 2.29. The molecule has 2 aliphatic rings. The van der Waals surface area contributed by atoms with Crippen LogP contribution < -0.4 is 0 Å². The zero-order valence-corrected chi connectivity index (χ0v) is 8.99. The Bertz CT molecular complexity index is 470. The van der Waals surface area contributed by atoms with E-state index in [1.165, 1.54) is 6.08 Å². The van der Waals surface area contributed by atoms with E-state index in [-0.39, 0.29) is 19.4 Å². The van der Waals surface area contributed by atoms with Gasteiger partial charge in [-0.15, -0.1) is 0 Å². The van der Waals surface area contributed by atoms with Gasteiger partial charge in [0.05, 0.1) is 6.42 Å². The standard InChI is InChI=1S/C9H8N2O7/c12-4-10-5-3-17-11(7(5)14)9(8(15)16)2-1-6(13)18-9/h5H,1-3H2,(H,15,16). The summed E-state index contributed by atoms with van der Waals surface area (Å²) in [6.07, 6.45) is 0.838. The van der Waals surface area contributed by atoms with E-state index >= 15 is 0 Å². The Morgan fingerprint density at radius 1 is 1.56 bits per heavy atom. The first kappa shape index (κ1) is 12.2. The van der Waals surface area contributed by atoms with Gasteiger partial charge in [-0.05, 0) is 0 Å². The Labute approximate surface area is 99.9 Å². The second-order valence-corrected chi connectivity index (χ2v) is 3.73. The van der Waals surface area contributed by atoms with E-state index in [9.17, 15) is 19.2 Å². The number of carbonyl (C=O) groups is 3. The second kappa shape index (κ2) is 4.21. The molecule has 2 saturated heterocycles. The number of amides is 1. The molecule has 0 aromatic rings. The number of isocyanates is 1. The predicted molar refractivity (Wildman–Crippen MR) is 50.4 cm³/mol. The number of ether oxygens (including phenoxy) is 1. The predicted octanol–water partition coefficient (Wildman–Crippen LogP) is -1.42. The molecule has 1 amide bonds. The van der Waals surface area contributed by atoms with Crippen molar-refractivity contribution in [3.8, 4) is 0 Å². The third kappa shape index (κ3) is 1.66. The number of hydrogen-bond acceptors (Lipinski definition) is 7.